The first-order chi connectivity index (χ1) is 14.4. The summed E-state index contributed by atoms with van der Waals surface area (Å²) in [5.41, 5.74) is -1.52. The summed E-state index contributed by atoms with van der Waals surface area (Å²) < 4.78 is 17.8. The van der Waals surface area contributed by atoms with Crippen molar-refractivity contribution in [2.24, 2.45) is 34.0 Å². The maximum atomic E-state index is 13.7. The summed E-state index contributed by atoms with van der Waals surface area (Å²) >= 11 is 0. The highest BCUT2D eigenvalue weighted by Crippen LogP contribution is 2.77. The molecule has 31 heavy (non-hydrogen) atoms. The summed E-state index contributed by atoms with van der Waals surface area (Å²) in [6.07, 6.45) is 1.35. The van der Waals surface area contributed by atoms with E-state index in [1.807, 2.05) is 0 Å². The van der Waals surface area contributed by atoms with E-state index in [0.29, 0.717) is 19.3 Å². The standard InChI is InChI=1S/C24H32O7/c1-12-15-6-7-16-22-11-29-24(28,23(16,10-15)19(12)30-13(2)25)20(31-14(3)26)18(22)21(4,5)9-8-17(22)27/h15-16,18-20,28H,1,6-11H2,2-5H3. The molecule has 4 bridgehead atoms. The number of carbonyl (C=O) groups is 3. The van der Waals surface area contributed by atoms with Gasteiger partial charge in [-0.15, -0.1) is 0 Å². The largest absolute Gasteiger partial charge is 0.457 e. The number of rotatable bonds is 2. The predicted molar refractivity (Wildman–Crippen MR) is 108 cm³/mol. The van der Waals surface area contributed by atoms with E-state index in [-0.39, 0.29) is 35.6 Å². The molecule has 2 saturated heterocycles. The number of hydrogen-bond acceptors (Lipinski definition) is 7. The Morgan fingerprint density at radius 2 is 1.84 bits per heavy atom. The fraction of sp³-hybridized carbons (Fsp3) is 0.792. The van der Waals surface area contributed by atoms with Crippen molar-refractivity contribution >= 4 is 17.7 Å². The third-order valence-corrected chi connectivity index (χ3v) is 9.34. The van der Waals surface area contributed by atoms with Crippen molar-refractivity contribution in [1.82, 2.24) is 0 Å². The average Bonchev–Trinajstić information content (AvgIpc) is 2.87. The molecule has 0 radical (unpaired) electrons. The SMILES string of the molecule is C=C1C2CCC3C45COC(O)(C(OC(C)=O)C4C(C)(C)CCC5=O)C3(C2)C1OC(C)=O. The van der Waals surface area contributed by atoms with Gasteiger partial charge in [-0.05, 0) is 48.5 Å². The Labute approximate surface area is 182 Å². The van der Waals surface area contributed by atoms with Crippen LogP contribution in [0.2, 0.25) is 0 Å². The second-order valence-corrected chi connectivity index (χ2v) is 11.1. The van der Waals surface area contributed by atoms with Crippen LogP contribution in [0.5, 0.6) is 0 Å². The number of esters is 2. The molecule has 6 aliphatic rings. The highest BCUT2D eigenvalue weighted by Gasteiger charge is 2.85. The van der Waals surface area contributed by atoms with Crippen LogP contribution in [0, 0.1) is 34.0 Å². The number of Topliss-reactive ketones (excluding diaryl/α,β-unsaturated/α-hetero) is 1. The van der Waals surface area contributed by atoms with E-state index in [9.17, 15) is 19.5 Å². The van der Waals surface area contributed by atoms with E-state index in [2.05, 4.69) is 20.4 Å². The number of ether oxygens (including phenoxy) is 3. The third kappa shape index (κ3) is 2.29. The van der Waals surface area contributed by atoms with Crippen LogP contribution in [0.15, 0.2) is 12.2 Å². The summed E-state index contributed by atoms with van der Waals surface area (Å²) in [6.45, 7) is 11.2. The topological polar surface area (TPSA) is 99.1 Å². The lowest BCUT2D eigenvalue weighted by atomic mass is 9.36. The van der Waals surface area contributed by atoms with Gasteiger partial charge in [0, 0.05) is 26.2 Å². The van der Waals surface area contributed by atoms with E-state index >= 15 is 0 Å². The molecule has 0 aromatic rings. The van der Waals surface area contributed by atoms with Gasteiger partial charge in [-0.25, -0.2) is 0 Å². The first-order valence-electron chi connectivity index (χ1n) is 11.3. The fourth-order valence-corrected chi connectivity index (χ4v) is 8.40. The smallest absolute Gasteiger partial charge is 0.303 e. The van der Waals surface area contributed by atoms with Crippen molar-refractivity contribution < 1.29 is 33.7 Å². The van der Waals surface area contributed by atoms with Crippen molar-refractivity contribution in [1.29, 1.82) is 0 Å². The number of aliphatic hydroxyl groups is 1. The van der Waals surface area contributed by atoms with Crippen molar-refractivity contribution in [2.45, 2.75) is 77.8 Å². The third-order valence-electron chi connectivity index (χ3n) is 9.34. The Bertz CT molecular complexity index is 892. The van der Waals surface area contributed by atoms with Gasteiger partial charge < -0.3 is 19.3 Å². The summed E-state index contributed by atoms with van der Waals surface area (Å²) in [4.78, 5) is 38.0. The second kappa shape index (κ2) is 6.19. The van der Waals surface area contributed by atoms with E-state index in [1.165, 1.54) is 13.8 Å². The normalized spacial score (nSPS) is 49.3. The van der Waals surface area contributed by atoms with Crippen molar-refractivity contribution in [3.63, 3.8) is 0 Å². The Balaban J connectivity index is 1.78. The van der Waals surface area contributed by atoms with Gasteiger partial charge in [0.2, 0.25) is 5.79 Å². The molecular formula is C24H32O7. The highest BCUT2D eigenvalue weighted by atomic mass is 16.7. The van der Waals surface area contributed by atoms with Gasteiger partial charge in [0.25, 0.3) is 0 Å². The minimum absolute atomic E-state index is 0.0621. The lowest BCUT2D eigenvalue weighted by molar-refractivity contribution is -0.445. The van der Waals surface area contributed by atoms with E-state index < -0.39 is 40.8 Å². The first-order valence-corrected chi connectivity index (χ1v) is 11.3. The molecular weight excluding hydrogens is 400 g/mol. The summed E-state index contributed by atoms with van der Waals surface area (Å²) in [5, 5.41) is 12.3. The molecule has 0 aromatic carbocycles. The van der Waals surface area contributed by atoms with E-state index in [4.69, 9.17) is 14.2 Å². The zero-order chi connectivity index (χ0) is 22.6. The monoisotopic (exact) mass is 432 g/mol. The van der Waals surface area contributed by atoms with E-state index in [1.54, 1.807) is 0 Å². The molecule has 1 N–H and O–H groups in total. The van der Waals surface area contributed by atoms with Gasteiger partial charge in [-0.3, -0.25) is 14.4 Å². The Kier molecular flexibility index (Phi) is 4.22. The number of fused-ring (bicyclic) bond motifs is 2. The first kappa shape index (κ1) is 21.1. The molecule has 2 heterocycles. The maximum Gasteiger partial charge on any atom is 0.303 e. The fourth-order valence-electron chi connectivity index (χ4n) is 8.40. The van der Waals surface area contributed by atoms with Gasteiger partial charge in [0.05, 0.1) is 17.4 Å². The highest BCUT2D eigenvalue weighted by molar-refractivity contribution is 5.88. The van der Waals surface area contributed by atoms with Gasteiger partial charge in [0.1, 0.15) is 11.9 Å². The molecule has 2 spiro atoms. The van der Waals surface area contributed by atoms with Crippen LogP contribution in [0.1, 0.15) is 59.8 Å². The minimum atomic E-state index is -1.86. The molecule has 8 atom stereocenters. The molecule has 7 nitrogen and oxygen atoms in total. The number of carbonyl (C=O) groups excluding carboxylic acids is 3. The Hall–Kier alpha value is -1.73. The second-order valence-electron chi connectivity index (χ2n) is 11.1. The van der Waals surface area contributed by atoms with Crippen molar-refractivity contribution in [2.75, 3.05) is 6.61 Å². The molecule has 2 aliphatic heterocycles. The van der Waals surface area contributed by atoms with E-state index in [0.717, 1.165) is 18.4 Å². The van der Waals surface area contributed by atoms with Gasteiger partial charge in [-0.2, -0.15) is 0 Å². The minimum Gasteiger partial charge on any atom is -0.457 e. The Morgan fingerprint density at radius 1 is 1.16 bits per heavy atom. The average molecular weight is 433 g/mol. The van der Waals surface area contributed by atoms with Crippen LogP contribution >= 0.6 is 0 Å². The molecule has 170 valence electrons. The predicted octanol–water partition coefficient (Wildman–Crippen LogP) is 2.55. The van der Waals surface area contributed by atoms with Crippen LogP contribution in [0.4, 0.5) is 0 Å². The summed E-state index contributed by atoms with van der Waals surface area (Å²) in [7, 11) is 0. The zero-order valence-corrected chi connectivity index (χ0v) is 18.7. The summed E-state index contributed by atoms with van der Waals surface area (Å²) in [5.74, 6) is -3.29. The molecule has 6 rings (SSSR count). The van der Waals surface area contributed by atoms with Crippen LogP contribution in [-0.2, 0) is 28.6 Å². The van der Waals surface area contributed by atoms with Crippen molar-refractivity contribution in [3.8, 4) is 0 Å². The molecule has 4 aliphatic carbocycles. The van der Waals surface area contributed by atoms with Gasteiger partial charge in [0.15, 0.2) is 6.10 Å². The summed E-state index contributed by atoms with van der Waals surface area (Å²) in [6, 6.07) is 0. The lowest BCUT2D eigenvalue weighted by Gasteiger charge is -2.73. The molecule has 8 unspecified atom stereocenters. The van der Waals surface area contributed by atoms with Crippen LogP contribution in [0.25, 0.3) is 0 Å². The van der Waals surface area contributed by atoms with Gasteiger partial charge in [-0.1, -0.05) is 20.4 Å². The molecule has 0 amide bonds. The maximum absolute atomic E-state index is 13.7. The molecule has 6 fully saturated rings. The molecule has 7 heteroatoms. The quantitative estimate of drug-likeness (QED) is 0.529. The van der Waals surface area contributed by atoms with Crippen LogP contribution in [0.3, 0.4) is 0 Å². The van der Waals surface area contributed by atoms with Gasteiger partial charge >= 0.3 is 11.9 Å². The van der Waals surface area contributed by atoms with Crippen LogP contribution in [-0.4, -0.2) is 47.4 Å². The molecule has 4 saturated carbocycles. The number of hydrogen-bond donors (Lipinski definition) is 1. The zero-order valence-electron chi connectivity index (χ0n) is 18.7. The number of ketones is 1. The van der Waals surface area contributed by atoms with Crippen LogP contribution < -0.4 is 0 Å². The Morgan fingerprint density at radius 3 is 2.48 bits per heavy atom. The molecule has 0 aromatic heterocycles. The lowest BCUT2D eigenvalue weighted by Crippen LogP contribution is -2.84. The van der Waals surface area contributed by atoms with Crippen molar-refractivity contribution in [3.05, 3.63) is 12.2 Å².